The summed E-state index contributed by atoms with van der Waals surface area (Å²) in [6, 6.07) is 1.44. The van der Waals surface area contributed by atoms with E-state index in [9.17, 15) is 22.8 Å². The minimum atomic E-state index is -4.64. The number of anilines is 1. The Kier molecular flexibility index (Phi) is 2.08. The zero-order chi connectivity index (χ0) is 14.0. The lowest BCUT2D eigenvalue weighted by Gasteiger charge is -2.12. The Labute approximate surface area is 105 Å². The van der Waals surface area contributed by atoms with Crippen LogP contribution < -0.4 is 5.32 Å². The number of fused-ring (bicyclic) bond motifs is 2. The van der Waals surface area contributed by atoms with E-state index < -0.39 is 34.6 Å². The van der Waals surface area contributed by atoms with Crippen molar-refractivity contribution < 1.29 is 27.9 Å². The van der Waals surface area contributed by atoms with Gasteiger partial charge < -0.3 is 10.4 Å². The molecular weight excluding hydrogens is 263 g/mol. The lowest BCUT2D eigenvalue weighted by Crippen LogP contribution is -2.18. The lowest BCUT2D eigenvalue weighted by molar-refractivity contribution is -0.137. The third-order valence-corrected chi connectivity index (χ3v) is 3.63. The quantitative estimate of drug-likeness (QED) is 0.824. The third kappa shape index (κ3) is 1.54. The van der Waals surface area contributed by atoms with Crippen LogP contribution in [0.5, 0.6) is 0 Å². The van der Waals surface area contributed by atoms with Crippen LogP contribution in [-0.4, -0.2) is 17.0 Å². The zero-order valence-electron chi connectivity index (χ0n) is 9.47. The summed E-state index contributed by atoms with van der Waals surface area (Å²) in [6.07, 6.45) is -3.74. The molecule has 2 aliphatic rings. The van der Waals surface area contributed by atoms with Gasteiger partial charge in [-0.1, -0.05) is 0 Å². The highest BCUT2D eigenvalue weighted by molar-refractivity contribution is 6.13. The minimum Gasteiger partial charge on any atom is -0.478 e. The van der Waals surface area contributed by atoms with Gasteiger partial charge in [0.2, 0.25) is 5.91 Å². The topological polar surface area (TPSA) is 66.4 Å². The molecule has 3 rings (SSSR count). The van der Waals surface area contributed by atoms with Gasteiger partial charge in [0.1, 0.15) is 0 Å². The van der Waals surface area contributed by atoms with Crippen molar-refractivity contribution in [1.82, 2.24) is 0 Å². The molecule has 2 N–H and O–H groups in total. The van der Waals surface area contributed by atoms with Crippen molar-refractivity contribution >= 4 is 17.6 Å². The molecule has 1 saturated carbocycles. The number of carboxylic acid groups (broad SMARTS) is 1. The van der Waals surface area contributed by atoms with E-state index in [1.165, 1.54) is 0 Å². The molecule has 1 aliphatic carbocycles. The van der Waals surface area contributed by atoms with Crippen LogP contribution >= 0.6 is 0 Å². The van der Waals surface area contributed by atoms with Crippen LogP contribution in [0, 0.1) is 0 Å². The Morgan fingerprint density at radius 3 is 2.42 bits per heavy atom. The molecular formula is C12H8F3NO3. The van der Waals surface area contributed by atoms with Gasteiger partial charge in [-0.25, -0.2) is 4.79 Å². The summed E-state index contributed by atoms with van der Waals surface area (Å²) in [5.41, 5.74) is -2.33. The molecule has 1 aromatic carbocycles. The van der Waals surface area contributed by atoms with E-state index >= 15 is 0 Å². The molecule has 0 aromatic heterocycles. The van der Waals surface area contributed by atoms with Gasteiger partial charge >= 0.3 is 12.1 Å². The summed E-state index contributed by atoms with van der Waals surface area (Å²) in [4.78, 5) is 22.8. The fraction of sp³-hybridized carbons (Fsp3) is 0.333. The third-order valence-electron chi connectivity index (χ3n) is 3.63. The number of halogens is 3. The van der Waals surface area contributed by atoms with Crippen molar-refractivity contribution in [2.24, 2.45) is 0 Å². The second kappa shape index (κ2) is 3.28. The first kappa shape index (κ1) is 12.0. The largest absolute Gasteiger partial charge is 0.478 e. The number of amides is 1. The van der Waals surface area contributed by atoms with Crippen molar-refractivity contribution in [3.05, 3.63) is 28.8 Å². The fourth-order valence-electron chi connectivity index (χ4n) is 2.46. The highest BCUT2D eigenvalue weighted by atomic mass is 19.4. The SMILES string of the molecule is O=C(O)c1cc(C(F)(F)F)cc2c1NC(=O)C21CC1. The molecule has 0 atom stereocenters. The van der Waals surface area contributed by atoms with E-state index in [4.69, 9.17) is 5.11 Å². The summed E-state index contributed by atoms with van der Waals surface area (Å²) in [5, 5.41) is 11.4. The number of hydrogen-bond donors (Lipinski definition) is 2. The number of carbonyl (C=O) groups excluding carboxylic acids is 1. The van der Waals surface area contributed by atoms with E-state index in [1.807, 2.05) is 0 Å². The molecule has 1 aromatic rings. The van der Waals surface area contributed by atoms with E-state index in [1.54, 1.807) is 0 Å². The van der Waals surface area contributed by atoms with Crippen LogP contribution in [0.25, 0.3) is 0 Å². The molecule has 4 nitrogen and oxygen atoms in total. The number of nitrogens with one attached hydrogen (secondary N) is 1. The van der Waals surface area contributed by atoms with Crippen molar-refractivity contribution in [2.45, 2.75) is 24.4 Å². The molecule has 19 heavy (non-hydrogen) atoms. The predicted octanol–water partition coefficient (Wildman–Crippen LogP) is 2.39. The van der Waals surface area contributed by atoms with Crippen LogP contribution in [0.3, 0.4) is 0 Å². The van der Waals surface area contributed by atoms with E-state index in [0.717, 1.165) is 6.07 Å². The predicted molar refractivity (Wildman–Crippen MR) is 57.9 cm³/mol. The minimum absolute atomic E-state index is 0.00278. The first-order valence-corrected chi connectivity index (χ1v) is 5.56. The monoisotopic (exact) mass is 271 g/mol. The molecule has 0 unspecified atom stereocenters. The maximum atomic E-state index is 12.8. The molecule has 0 bridgehead atoms. The molecule has 1 amide bonds. The Morgan fingerprint density at radius 2 is 1.95 bits per heavy atom. The van der Waals surface area contributed by atoms with Crippen molar-refractivity contribution in [2.75, 3.05) is 5.32 Å². The lowest BCUT2D eigenvalue weighted by atomic mass is 9.93. The van der Waals surface area contributed by atoms with Crippen LogP contribution in [-0.2, 0) is 16.4 Å². The summed E-state index contributed by atoms with van der Waals surface area (Å²) in [6.45, 7) is 0. The highest BCUT2D eigenvalue weighted by Crippen LogP contribution is 2.56. The van der Waals surface area contributed by atoms with Crippen molar-refractivity contribution in [3.8, 4) is 0 Å². The van der Waals surface area contributed by atoms with Crippen LogP contribution in [0.2, 0.25) is 0 Å². The zero-order valence-corrected chi connectivity index (χ0v) is 9.47. The van der Waals surface area contributed by atoms with Gasteiger partial charge in [0, 0.05) is 0 Å². The van der Waals surface area contributed by atoms with Gasteiger partial charge in [0.25, 0.3) is 0 Å². The van der Waals surface area contributed by atoms with Crippen molar-refractivity contribution in [3.63, 3.8) is 0 Å². The molecule has 1 aliphatic heterocycles. The standard InChI is InChI=1S/C12H8F3NO3/c13-12(14,15)5-3-6(9(17)18)8-7(4-5)11(1-2-11)10(19)16-8/h3-4H,1-2H2,(H,16,19)(H,17,18). The maximum Gasteiger partial charge on any atom is 0.416 e. The second-order valence-corrected chi connectivity index (χ2v) is 4.79. The van der Waals surface area contributed by atoms with E-state index in [-0.39, 0.29) is 11.3 Å². The average Bonchev–Trinajstić information content (AvgIpc) is 3.02. The Morgan fingerprint density at radius 1 is 1.32 bits per heavy atom. The van der Waals surface area contributed by atoms with E-state index in [2.05, 4.69) is 5.32 Å². The number of benzene rings is 1. The fourth-order valence-corrected chi connectivity index (χ4v) is 2.46. The van der Waals surface area contributed by atoms with E-state index in [0.29, 0.717) is 18.9 Å². The Bertz CT molecular complexity index is 617. The number of carbonyl (C=O) groups is 2. The maximum absolute atomic E-state index is 12.8. The van der Waals surface area contributed by atoms with Gasteiger partial charge in [-0.2, -0.15) is 13.2 Å². The van der Waals surface area contributed by atoms with Crippen LogP contribution in [0.1, 0.15) is 34.3 Å². The first-order chi connectivity index (χ1) is 8.75. The molecule has 7 heteroatoms. The molecule has 1 spiro atoms. The summed E-state index contributed by atoms with van der Waals surface area (Å²) in [7, 11) is 0. The second-order valence-electron chi connectivity index (χ2n) is 4.79. The number of alkyl halides is 3. The number of aromatic carboxylic acids is 1. The number of hydrogen-bond acceptors (Lipinski definition) is 2. The molecule has 0 saturated heterocycles. The number of rotatable bonds is 1. The van der Waals surface area contributed by atoms with Gasteiger partial charge in [-0.3, -0.25) is 4.79 Å². The molecule has 1 fully saturated rings. The summed E-state index contributed by atoms with van der Waals surface area (Å²) < 4.78 is 38.3. The van der Waals surface area contributed by atoms with Crippen LogP contribution in [0.4, 0.5) is 18.9 Å². The Balaban J connectivity index is 2.27. The molecule has 0 radical (unpaired) electrons. The first-order valence-electron chi connectivity index (χ1n) is 5.56. The van der Waals surface area contributed by atoms with Crippen LogP contribution in [0.15, 0.2) is 12.1 Å². The molecule has 1 heterocycles. The molecule has 100 valence electrons. The Hall–Kier alpha value is -2.05. The summed E-state index contributed by atoms with van der Waals surface area (Å²) >= 11 is 0. The average molecular weight is 271 g/mol. The van der Waals surface area contributed by atoms with Gasteiger partial charge in [0.05, 0.1) is 22.2 Å². The van der Waals surface area contributed by atoms with Gasteiger partial charge in [-0.15, -0.1) is 0 Å². The normalized spacial score (nSPS) is 19.2. The summed E-state index contributed by atoms with van der Waals surface area (Å²) in [5.74, 6) is -1.90. The smallest absolute Gasteiger partial charge is 0.416 e. The highest BCUT2D eigenvalue weighted by Gasteiger charge is 2.57. The van der Waals surface area contributed by atoms with Crippen molar-refractivity contribution in [1.29, 1.82) is 0 Å². The van der Waals surface area contributed by atoms with Gasteiger partial charge in [0.15, 0.2) is 0 Å². The van der Waals surface area contributed by atoms with Gasteiger partial charge in [-0.05, 0) is 30.5 Å². The number of carboxylic acids is 1.